The molecular weight excluding hydrogens is 313 g/mol. The Morgan fingerprint density at radius 3 is 2.04 bits per heavy atom. The molecule has 4 rings (SSSR count). The molecule has 3 atom stereocenters. The lowest BCUT2D eigenvalue weighted by Gasteiger charge is -2.62. The number of hydrogen-bond acceptors (Lipinski definition) is 4. The van der Waals surface area contributed by atoms with Crippen LogP contribution in [0.3, 0.4) is 0 Å². The van der Waals surface area contributed by atoms with Gasteiger partial charge in [0.2, 0.25) is 0 Å². The zero-order valence-electron chi connectivity index (χ0n) is 13.4. The topological polar surface area (TPSA) is 66.8 Å². The van der Waals surface area contributed by atoms with E-state index in [1.165, 1.54) is 6.92 Å². The Balaban J connectivity index is 1.87. The highest BCUT2D eigenvalue weighted by Gasteiger charge is 2.66. The van der Waals surface area contributed by atoms with Gasteiger partial charge in [0.25, 0.3) is 0 Å². The van der Waals surface area contributed by atoms with Crippen molar-refractivity contribution < 1.29 is 32.9 Å². The molecular formula is C16H23F3O4. The van der Waals surface area contributed by atoms with Crippen LogP contribution in [-0.4, -0.2) is 39.2 Å². The number of carbonyl (C=O) groups is 1. The Morgan fingerprint density at radius 1 is 1.13 bits per heavy atom. The first-order valence-corrected chi connectivity index (χ1v) is 8.09. The third kappa shape index (κ3) is 2.56. The van der Waals surface area contributed by atoms with Gasteiger partial charge in [0.1, 0.15) is 5.60 Å². The Morgan fingerprint density at radius 2 is 1.65 bits per heavy atom. The zero-order valence-corrected chi connectivity index (χ0v) is 13.4. The van der Waals surface area contributed by atoms with Crippen LogP contribution in [0.1, 0.15) is 58.8 Å². The van der Waals surface area contributed by atoms with Crippen molar-refractivity contribution in [2.75, 3.05) is 0 Å². The lowest BCUT2D eigenvalue weighted by Crippen LogP contribution is -2.67. The van der Waals surface area contributed by atoms with Crippen molar-refractivity contribution in [1.82, 2.24) is 0 Å². The van der Waals surface area contributed by atoms with Crippen LogP contribution in [0, 0.1) is 11.3 Å². The molecule has 4 bridgehead atoms. The largest absolute Gasteiger partial charge is 0.458 e. The molecule has 4 aliphatic carbocycles. The van der Waals surface area contributed by atoms with Crippen LogP contribution in [0.25, 0.3) is 0 Å². The van der Waals surface area contributed by atoms with Crippen molar-refractivity contribution in [3.05, 3.63) is 0 Å². The molecule has 4 saturated carbocycles. The summed E-state index contributed by atoms with van der Waals surface area (Å²) < 4.78 is 45.2. The van der Waals surface area contributed by atoms with Gasteiger partial charge in [-0.2, -0.15) is 13.2 Å². The van der Waals surface area contributed by atoms with Crippen molar-refractivity contribution in [3.8, 4) is 0 Å². The average molecular weight is 336 g/mol. The highest BCUT2D eigenvalue weighted by molar-refractivity contribution is 5.78. The van der Waals surface area contributed by atoms with Crippen LogP contribution >= 0.6 is 0 Å². The summed E-state index contributed by atoms with van der Waals surface area (Å²) in [6.45, 7) is 2.15. The van der Waals surface area contributed by atoms with E-state index in [2.05, 4.69) is 0 Å². The van der Waals surface area contributed by atoms with Gasteiger partial charge in [0.15, 0.2) is 5.41 Å². The van der Waals surface area contributed by atoms with Gasteiger partial charge in [0.05, 0.1) is 11.2 Å². The molecule has 0 saturated heterocycles. The molecule has 2 N–H and O–H groups in total. The summed E-state index contributed by atoms with van der Waals surface area (Å²) in [4.78, 5) is 12.3. The minimum atomic E-state index is -4.70. The maximum Gasteiger partial charge on any atom is 0.404 e. The summed E-state index contributed by atoms with van der Waals surface area (Å²) in [6.07, 6.45) is -3.23. The predicted octanol–water partition coefficient (Wildman–Crippen LogP) is 2.71. The predicted molar refractivity (Wildman–Crippen MR) is 74.4 cm³/mol. The van der Waals surface area contributed by atoms with Gasteiger partial charge >= 0.3 is 12.1 Å². The molecule has 23 heavy (non-hydrogen) atoms. The van der Waals surface area contributed by atoms with Gasteiger partial charge in [-0.25, -0.2) is 0 Å². The summed E-state index contributed by atoms with van der Waals surface area (Å²) in [5, 5.41) is 21.2. The van der Waals surface area contributed by atoms with Gasteiger partial charge in [-0.15, -0.1) is 0 Å². The van der Waals surface area contributed by atoms with Gasteiger partial charge < -0.3 is 14.9 Å². The number of carbonyl (C=O) groups excluding carboxylic acids is 1. The third-order valence-corrected chi connectivity index (χ3v) is 6.05. The molecule has 0 radical (unpaired) electrons. The Hall–Kier alpha value is -0.820. The third-order valence-electron chi connectivity index (χ3n) is 6.05. The van der Waals surface area contributed by atoms with Gasteiger partial charge in [-0.05, 0) is 38.5 Å². The Labute approximate surface area is 133 Å². The lowest BCUT2D eigenvalue weighted by molar-refractivity contribution is -0.277. The lowest BCUT2D eigenvalue weighted by atomic mass is 9.50. The van der Waals surface area contributed by atoms with Gasteiger partial charge in [0, 0.05) is 19.3 Å². The van der Waals surface area contributed by atoms with Crippen molar-refractivity contribution in [3.63, 3.8) is 0 Å². The SMILES string of the molecule is CCC(C)(C(=O)OC12CC3CC(O)(CC(O)(C3)C1)C2)C(F)(F)F. The van der Waals surface area contributed by atoms with Crippen LogP contribution in [0.15, 0.2) is 0 Å². The minimum Gasteiger partial charge on any atom is -0.458 e. The highest BCUT2D eigenvalue weighted by Crippen LogP contribution is 2.61. The van der Waals surface area contributed by atoms with E-state index in [0.717, 1.165) is 6.92 Å². The molecule has 3 unspecified atom stereocenters. The zero-order chi connectivity index (χ0) is 17.3. The van der Waals surface area contributed by atoms with E-state index in [0.29, 0.717) is 19.3 Å². The first-order valence-electron chi connectivity index (χ1n) is 8.09. The molecule has 0 amide bonds. The molecule has 132 valence electrons. The van der Waals surface area contributed by atoms with E-state index in [9.17, 15) is 28.2 Å². The molecule has 0 heterocycles. The summed E-state index contributed by atoms with van der Waals surface area (Å²) in [7, 11) is 0. The molecule has 0 aliphatic heterocycles. The molecule has 4 fully saturated rings. The standard InChI is InChI=1S/C16H23F3O4/c1-3-12(2,16(17,18)19)11(20)23-15-6-10-4-13(21,8-15)7-14(22,5-10)9-15/h10,21-22H,3-9H2,1-2H3. The average Bonchev–Trinajstić information content (AvgIpc) is 2.30. The molecule has 0 aromatic rings. The fourth-order valence-electron chi connectivity index (χ4n) is 5.13. The van der Waals surface area contributed by atoms with Crippen LogP contribution < -0.4 is 0 Å². The molecule has 4 nitrogen and oxygen atoms in total. The molecule has 0 spiro atoms. The quantitative estimate of drug-likeness (QED) is 0.778. The van der Waals surface area contributed by atoms with E-state index in [1.54, 1.807) is 0 Å². The summed E-state index contributed by atoms with van der Waals surface area (Å²) >= 11 is 0. The van der Waals surface area contributed by atoms with Crippen LogP contribution in [0.4, 0.5) is 13.2 Å². The fourth-order valence-corrected chi connectivity index (χ4v) is 5.13. The minimum absolute atomic E-state index is 0.0205. The van der Waals surface area contributed by atoms with E-state index in [-0.39, 0.29) is 25.2 Å². The summed E-state index contributed by atoms with van der Waals surface area (Å²) in [5.74, 6) is -1.32. The Kier molecular flexibility index (Phi) is 3.42. The monoisotopic (exact) mass is 336 g/mol. The number of halogens is 3. The molecule has 0 aromatic heterocycles. The number of aliphatic hydroxyl groups is 2. The Bertz CT molecular complexity index is 514. The second kappa shape index (κ2) is 4.63. The van der Waals surface area contributed by atoms with Crippen LogP contribution in [-0.2, 0) is 9.53 Å². The summed E-state index contributed by atoms with van der Waals surface area (Å²) in [5.41, 5.74) is -6.03. The van der Waals surface area contributed by atoms with Gasteiger partial charge in [-0.3, -0.25) is 4.79 Å². The first kappa shape index (κ1) is 17.0. The summed E-state index contributed by atoms with van der Waals surface area (Å²) in [6, 6.07) is 0. The van der Waals surface area contributed by atoms with E-state index >= 15 is 0 Å². The molecule has 7 heteroatoms. The normalized spacial score (nSPS) is 44.9. The number of hydrogen-bond donors (Lipinski definition) is 2. The van der Waals surface area contributed by atoms with Crippen molar-refractivity contribution in [2.45, 2.75) is 81.8 Å². The fraction of sp³-hybridized carbons (Fsp3) is 0.938. The van der Waals surface area contributed by atoms with Crippen molar-refractivity contribution in [2.24, 2.45) is 11.3 Å². The number of esters is 1. The van der Waals surface area contributed by atoms with E-state index in [4.69, 9.17) is 4.74 Å². The second-order valence-corrected chi connectivity index (χ2v) is 8.21. The maximum absolute atomic E-state index is 13.3. The number of ether oxygens (including phenoxy) is 1. The smallest absolute Gasteiger partial charge is 0.404 e. The number of alkyl halides is 3. The van der Waals surface area contributed by atoms with Crippen molar-refractivity contribution in [1.29, 1.82) is 0 Å². The maximum atomic E-state index is 13.3. The first-order chi connectivity index (χ1) is 10.3. The van der Waals surface area contributed by atoms with Crippen molar-refractivity contribution >= 4 is 5.97 Å². The van der Waals surface area contributed by atoms with E-state index < -0.39 is 40.8 Å². The molecule has 4 aliphatic rings. The van der Waals surface area contributed by atoms with Crippen LogP contribution in [0.2, 0.25) is 0 Å². The van der Waals surface area contributed by atoms with E-state index in [1.807, 2.05) is 0 Å². The van der Waals surface area contributed by atoms with Crippen LogP contribution in [0.5, 0.6) is 0 Å². The second-order valence-electron chi connectivity index (χ2n) is 8.21. The highest BCUT2D eigenvalue weighted by atomic mass is 19.4. The molecule has 0 aromatic carbocycles. The van der Waals surface area contributed by atoms with Gasteiger partial charge in [-0.1, -0.05) is 6.92 Å². The number of rotatable bonds is 3.